The molecule has 0 unspecified atom stereocenters. The maximum absolute atomic E-state index is 12.2. The summed E-state index contributed by atoms with van der Waals surface area (Å²) in [4.78, 5) is 24.1. The number of hydrogen-bond acceptors (Lipinski definition) is 4. The maximum Gasteiger partial charge on any atom is 0.306 e. The molecule has 1 N–H and O–H groups in total. The average molecular weight is 347 g/mol. The number of benzene rings is 1. The molecule has 1 fully saturated rings. The number of para-hydroxylation sites is 2. The number of nitrogens with one attached hydrogen (secondary N) is 1. The molecule has 0 aromatic heterocycles. The van der Waals surface area contributed by atoms with E-state index in [0.29, 0.717) is 17.9 Å². The van der Waals surface area contributed by atoms with Crippen LogP contribution in [-0.2, 0) is 14.3 Å². The molecule has 0 radical (unpaired) electrons. The highest BCUT2D eigenvalue weighted by Crippen LogP contribution is 2.28. The summed E-state index contributed by atoms with van der Waals surface area (Å²) in [7, 11) is 1.54. The average Bonchev–Trinajstić information content (AvgIpc) is 2.63. The van der Waals surface area contributed by atoms with Crippen molar-refractivity contribution in [3.63, 3.8) is 0 Å². The van der Waals surface area contributed by atoms with Crippen LogP contribution in [0.15, 0.2) is 24.3 Å². The molecule has 1 amide bonds. The van der Waals surface area contributed by atoms with Crippen LogP contribution < -0.4 is 10.1 Å². The van der Waals surface area contributed by atoms with E-state index in [1.165, 1.54) is 32.1 Å². The van der Waals surface area contributed by atoms with Crippen molar-refractivity contribution in [3.05, 3.63) is 24.3 Å². The standard InChI is InChI=1S/C20H29NO4/c1-15(20(23)21-17-12-6-7-13-18(17)24-2)25-19(22)14-8-11-16-9-4-3-5-10-16/h6-7,12-13,15-16H,3-5,8-11,14H2,1-2H3,(H,21,23)/t15-/m1/s1. The van der Waals surface area contributed by atoms with E-state index in [1.54, 1.807) is 32.2 Å². The molecular weight excluding hydrogens is 318 g/mol. The Morgan fingerprint density at radius 1 is 1.20 bits per heavy atom. The minimum Gasteiger partial charge on any atom is -0.495 e. The topological polar surface area (TPSA) is 64.6 Å². The Labute approximate surface area is 150 Å². The van der Waals surface area contributed by atoms with Gasteiger partial charge in [0, 0.05) is 6.42 Å². The van der Waals surface area contributed by atoms with Gasteiger partial charge < -0.3 is 14.8 Å². The van der Waals surface area contributed by atoms with Crippen molar-refractivity contribution in [3.8, 4) is 5.75 Å². The quantitative estimate of drug-likeness (QED) is 0.712. The van der Waals surface area contributed by atoms with E-state index in [-0.39, 0.29) is 11.9 Å². The van der Waals surface area contributed by atoms with Crippen LogP contribution >= 0.6 is 0 Å². The summed E-state index contributed by atoms with van der Waals surface area (Å²) >= 11 is 0. The summed E-state index contributed by atoms with van der Waals surface area (Å²) in [6.07, 6.45) is 8.01. The highest BCUT2D eigenvalue weighted by molar-refractivity contribution is 5.96. The number of rotatable bonds is 8. The fourth-order valence-corrected chi connectivity index (χ4v) is 3.30. The molecule has 2 rings (SSSR count). The Balaban J connectivity index is 1.71. The zero-order valence-electron chi connectivity index (χ0n) is 15.3. The highest BCUT2D eigenvalue weighted by Gasteiger charge is 2.19. The summed E-state index contributed by atoms with van der Waals surface area (Å²) in [5.41, 5.74) is 0.565. The lowest BCUT2D eigenvalue weighted by atomic mass is 9.86. The van der Waals surface area contributed by atoms with Crippen LogP contribution in [0.5, 0.6) is 5.75 Å². The predicted molar refractivity (Wildman–Crippen MR) is 97.6 cm³/mol. The maximum atomic E-state index is 12.2. The molecule has 1 saturated carbocycles. The molecular formula is C20H29NO4. The van der Waals surface area contributed by atoms with Gasteiger partial charge in [0.05, 0.1) is 12.8 Å². The lowest BCUT2D eigenvalue weighted by Crippen LogP contribution is -2.30. The van der Waals surface area contributed by atoms with Gasteiger partial charge in [-0.05, 0) is 37.8 Å². The van der Waals surface area contributed by atoms with Crippen molar-refractivity contribution in [2.45, 2.75) is 64.4 Å². The lowest BCUT2D eigenvalue weighted by Gasteiger charge is -2.21. The fourth-order valence-electron chi connectivity index (χ4n) is 3.30. The van der Waals surface area contributed by atoms with Crippen molar-refractivity contribution < 1.29 is 19.1 Å². The lowest BCUT2D eigenvalue weighted by molar-refractivity contribution is -0.153. The van der Waals surface area contributed by atoms with Crippen molar-refractivity contribution in [2.24, 2.45) is 5.92 Å². The molecule has 1 atom stereocenters. The van der Waals surface area contributed by atoms with Crippen molar-refractivity contribution in [1.29, 1.82) is 0 Å². The van der Waals surface area contributed by atoms with Crippen LogP contribution in [0.3, 0.4) is 0 Å². The van der Waals surface area contributed by atoms with Gasteiger partial charge in [-0.1, -0.05) is 44.2 Å². The highest BCUT2D eigenvalue weighted by atomic mass is 16.5. The van der Waals surface area contributed by atoms with Gasteiger partial charge >= 0.3 is 5.97 Å². The third-order valence-electron chi connectivity index (χ3n) is 4.76. The van der Waals surface area contributed by atoms with Crippen LogP contribution in [0.4, 0.5) is 5.69 Å². The molecule has 1 aliphatic rings. The Hall–Kier alpha value is -2.04. The number of ether oxygens (including phenoxy) is 2. The number of carbonyl (C=O) groups is 2. The summed E-state index contributed by atoms with van der Waals surface area (Å²) in [6, 6.07) is 7.14. The second-order valence-electron chi connectivity index (χ2n) is 6.72. The molecule has 5 nitrogen and oxygen atoms in total. The van der Waals surface area contributed by atoms with Gasteiger partial charge in [-0.3, -0.25) is 9.59 Å². The Bertz CT molecular complexity index is 567. The van der Waals surface area contributed by atoms with E-state index >= 15 is 0 Å². The predicted octanol–water partition coefficient (Wildman–Crippen LogP) is 4.32. The minimum atomic E-state index is -0.827. The molecule has 1 aromatic carbocycles. The second kappa shape index (κ2) is 10.1. The molecule has 0 aliphatic heterocycles. The number of amides is 1. The summed E-state index contributed by atoms with van der Waals surface area (Å²) in [5, 5.41) is 2.73. The zero-order chi connectivity index (χ0) is 18.1. The fraction of sp³-hybridized carbons (Fsp3) is 0.600. The summed E-state index contributed by atoms with van der Waals surface area (Å²) < 4.78 is 10.5. The van der Waals surface area contributed by atoms with Gasteiger partial charge in [-0.2, -0.15) is 0 Å². The van der Waals surface area contributed by atoms with Gasteiger partial charge in [-0.25, -0.2) is 0 Å². The SMILES string of the molecule is COc1ccccc1NC(=O)[C@@H](C)OC(=O)CCCC1CCCCC1. The summed E-state index contributed by atoms with van der Waals surface area (Å²) in [6.45, 7) is 1.59. The zero-order valence-corrected chi connectivity index (χ0v) is 15.3. The molecule has 5 heteroatoms. The van der Waals surface area contributed by atoms with Crippen LogP contribution in [0, 0.1) is 5.92 Å². The first-order valence-electron chi connectivity index (χ1n) is 9.23. The third kappa shape index (κ3) is 6.40. The third-order valence-corrected chi connectivity index (χ3v) is 4.76. The monoisotopic (exact) mass is 347 g/mol. The van der Waals surface area contributed by atoms with E-state index < -0.39 is 6.10 Å². The van der Waals surface area contributed by atoms with Crippen LogP contribution in [0.1, 0.15) is 58.3 Å². The van der Waals surface area contributed by atoms with Crippen LogP contribution in [0.25, 0.3) is 0 Å². The Morgan fingerprint density at radius 3 is 2.64 bits per heavy atom. The van der Waals surface area contributed by atoms with E-state index in [2.05, 4.69) is 5.32 Å². The minimum absolute atomic E-state index is 0.307. The van der Waals surface area contributed by atoms with Gasteiger partial charge in [0.15, 0.2) is 6.10 Å². The number of anilines is 1. The smallest absolute Gasteiger partial charge is 0.306 e. The molecule has 1 aliphatic carbocycles. The van der Waals surface area contributed by atoms with Gasteiger partial charge in [-0.15, -0.1) is 0 Å². The largest absolute Gasteiger partial charge is 0.495 e. The molecule has 0 spiro atoms. The van der Waals surface area contributed by atoms with Crippen LogP contribution in [0.2, 0.25) is 0 Å². The second-order valence-corrected chi connectivity index (χ2v) is 6.72. The van der Waals surface area contributed by atoms with Crippen molar-refractivity contribution >= 4 is 17.6 Å². The summed E-state index contributed by atoms with van der Waals surface area (Å²) in [5.74, 6) is 0.665. The van der Waals surface area contributed by atoms with Crippen molar-refractivity contribution in [2.75, 3.05) is 12.4 Å². The molecule has 0 heterocycles. The van der Waals surface area contributed by atoms with E-state index in [9.17, 15) is 9.59 Å². The Morgan fingerprint density at radius 2 is 1.92 bits per heavy atom. The molecule has 25 heavy (non-hydrogen) atoms. The number of carbonyl (C=O) groups excluding carboxylic acids is 2. The van der Waals surface area contributed by atoms with Crippen LogP contribution in [-0.4, -0.2) is 25.1 Å². The van der Waals surface area contributed by atoms with Gasteiger partial charge in [0.2, 0.25) is 0 Å². The number of hydrogen-bond donors (Lipinski definition) is 1. The first-order chi connectivity index (χ1) is 12.1. The molecule has 138 valence electrons. The first-order valence-corrected chi connectivity index (χ1v) is 9.23. The molecule has 0 saturated heterocycles. The normalized spacial score (nSPS) is 16.1. The van der Waals surface area contributed by atoms with Gasteiger partial charge in [0.25, 0.3) is 5.91 Å². The van der Waals surface area contributed by atoms with Gasteiger partial charge in [0.1, 0.15) is 5.75 Å². The number of methoxy groups -OCH3 is 1. The molecule has 0 bridgehead atoms. The first kappa shape index (κ1) is 19.3. The van der Waals surface area contributed by atoms with E-state index in [0.717, 1.165) is 18.8 Å². The number of esters is 1. The van der Waals surface area contributed by atoms with E-state index in [4.69, 9.17) is 9.47 Å². The Kier molecular flexibility index (Phi) is 7.76. The van der Waals surface area contributed by atoms with E-state index in [1.807, 2.05) is 6.07 Å². The van der Waals surface area contributed by atoms with Crippen molar-refractivity contribution in [1.82, 2.24) is 0 Å². The molecule has 1 aromatic rings.